The number of fused-ring (bicyclic) bond motifs is 1. The van der Waals surface area contributed by atoms with Crippen LogP contribution in [0.1, 0.15) is 5.56 Å². The molecule has 128 valence electrons. The lowest BCUT2D eigenvalue weighted by Crippen LogP contribution is -2.35. The number of aromatic nitrogens is 1. The topological polar surface area (TPSA) is 76.3 Å². The van der Waals surface area contributed by atoms with Gasteiger partial charge in [-0.2, -0.15) is 0 Å². The first-order valence-corrected chi connectivity index (χ1v) is 9.43. The fourth-order valence-corrected chi connectivity index (χ4v) is 4.87. The molecule has 24 heavy (non-hydrogen) atoms. The van der Waals surface area contributed by atoms with Crippen molar-refractivity contribution in [1.82, 2.24) is 4.98 Å². The van der Waals surface area contributed by atoms with Crippen molar-refractivity contribution >= 4 is 49.1 Å². The maximum Gasteiger partial charge on any atom is 0.266 e. The first kappa shape index (κ1) is 18.7. The molecule has 0 amide bonds. The summed E-state index contributed by atoms with van der Waals surface area (Å²) in [7, 11) is -3.68. The molecule has 0 bridgehead atoms. The number of rotatable bonds is 5. The lowest BCUT2D eigenvalue weighted by atomic mass is 10.2. The van der Waals surface area contributed by atoms with Gasteiger partial charge in [-0.25, -0.2) is 17.7 Å². The van der Waals surface area contributed by atoms with Crippen LogP contribution in [0.3, 0.4) is 0 Å². The van der Waals surface area contributed by atoms with Crippen LogP contribution in [-0.4, -0.2) is 26.5 Å². The van der Waals surface area contributed by atoms with Crippen molar-refractivity contribution in [3.8, 4) is 0 Å². The van der Waals surface area contributed by atoms with E-state index in [2.05, 4.69) is 4.98 Å². The van der Waals surface area contributed by atoms with Crippen LogP contribution in [0.5, 0.6) is 0 Å². The van der Waals surface area contributed by atoms with E-state index in [0.29, 0.717) is 5.13 Å². The lowest BCUT2D eigenvalue weighted by molar-refractivity contribution is 0.591. The Morgan fingerprint density at radius 3 is 2.42 bits per heavy atom. The lowest BCUT2D eigenvalue weighted by Gasteiger charge is -2.21. The van der Waals surface area contributed by atoms with Gasteiger partial charge in [0, 0.05) is 13.1 Å². The summed E-state index contributed by atoms with van der Waals surface area (Å²) < 4.78 is 28.1. The molecule has 0 spiro atoms. The van der Waals surface area contributed by atoms with Crippen LogP contribution >= 0.6 is 23.7 Å². The number of hydrogen-bond acceptors (Lipinski definition) is 5. The van der Waals surface area contributed by atoms with Crippen LogP contribution in [-0.2, 0) is 10.0 Å². The van der Waals surface area contributed by atoms with Gasteiger partial charge in [-0.05, 0) is 31.2 Å². The van der Waals surface area contributed by atoms with Crippen molar-refractivity contribution in [2.45, 2.75) is 11.8 Å². The molecule has 0 aliphatic carbocycles. The van der Waals surface area contributed by atoms with Crippen LogP contribution in [0, 0.1) is 6.92 Å². The van der Waals surface area contributed by atoms with Crippen molar-refractivity contribution in [1.29, 1.82) is 0 Å². The summed E-state index contributed by atoms with van der Waals surface area (Å²) in [5.74, 6) is 0. The van der Waals surface area contributed by atoms with E-state index in [0.717, 1.165) is 15.8 Å². The van der Waals surface area contributed by atoms with E-state index in [1.54, 1.807) is 24.3 Å². The number of halogens is 1. The van der Waals surface area contributed by atoms with Gasteiger partial charge in [0.05, 0.1) is 15.1 Å². The van der Waals surface area contributed by atoms with E-state index in [9.17, 15) is 8.42 Å². The molecule has 0 radical (unpaired) electrons. The minimum absolute atomic E-state index is 0. The molecule has 5 nitrogen and oxygen atoms in total. The van der Waals surface area contributed by atoms with E-state index < -0.39 is 10.0 Å². The average molecular weight is 384 g/mol. The summed E-state index contributed by atoms with van der Waals surface area (Å²) in [6, 6.07) is 14.4. The Bertz CT molecular complexity index is 891. The fourth-order valence-electron chi connectivity index (χ4n) is 2.24. The smallest absolute Gasteiger partial charge is 0.266 e. The predicted octanol–water partition coefficient (Wildman–Crippen LogP) is 3.18. The largest absolute Gasteiger partial charge is 0.329 e. The molecule has 2 aromatic carbocycles. The molecule has 0 atom stereocenters. The molecule has 3 aromatic rings. The molecule has 8 heteroatoms. The third-order valence-corrected chi connectivity index (χ3v) is 6.42. The zero-order valence-electron chi connectivity index (χ0n) is 13.0. The van der Waals surface area contributed by atoms with Gasteiger partial charge >= 0.3 is 0 Å². The average Bonchev–Trinajstić information content (AvgIpc) is 2.96. The summed E-state index contributed by atoms with van der Waals surface area (Å²) in [5.41, 5.74) is 7.43. The highest BCUT2D eigenvalue weighted by atomic mass is 35.5. The summed E-state index contributed by atoms with van der Waals surface area (Å²) in [5, 5.41) is 0.442. The molecule has 0 unspecified atom stereocenters. The van der Waals surface area contributed by atoms with E-state index >= 15 is 0 Å². The van der Waals surface area contributed by atoms with Crippen molar-refractivity contribution in [2.24, 2.45) is 5.73 Å². The number of sulfonamides is 1. The predicted molar refractivity (Wildman–Crippen MR) is 102 cm³/mol. The Kier molecular flexibility index (Phi) is 5.82. The second-order valence-corrected chi connectivity index (χ2v) is 8.01. The maximum atomic E-state index is 12.9. The zero-order chi connectivity index (χ0) is 16.4. The SMILES string of the molecule is Cc1ccc(S(=O)(=O)N(CCN)c2nc3ccccc3s2)cc1.Cl. The van der Waals surface area contributed by atoms with Gasteiger partial charge in [-0.15, -0.1) is 12.4 Å². The van der Waals surface area contributed by atoms with Gasteiger partial charge in [-0.1, -0.05) is 41.2 Å². The molecule has 0 saturated heterocycles. The fraction of sp³-hybridized carbons (Fsp3) is 0.188. The number of nitrogens with two attached hydrogens (primary N) is 1. The Hall–Kier alpha value is -1.67. The first-order chi connectivity index (χ1) is 11.0. The molecule has 0 aliphatic rings. The minimum Gasteiger partial charge on any atom is -0.329 e. The summed E-state index contributed by atoms with van der Waals surface area (Å²) in [6.07, 6.45) is 0. The van der Waals surface area contributed by atoms with Gasteiger partial charge in [0.1, 0.15) is 0 Å². The van der Waals surface area contributed by atoms with Crippen LogP contribution in [0.2, 0.25) is 0 Å². The number of benzene rings is 2. The van der Waals surface area contributed by atoms with E-state index in [1.807, 2.05) is 31.2 Å². The monoisotopic (exact) mass is 383 g/mol. The van der Waals surface area contributed by atoms with Crippen molar-refractivity contribution < 1.29 is 8.42 Å². The minimum atomic E-state index is -3.68. The highest BCUT2D eigenvalue weighted by molar-refractivity contribution is 7.93. The maximum absolute atomic E-state index is 12.9. The van der Waals surface area contributed by atoms with Gasteiger partial charge in [0.25, 0.3) is 10.0 Å². The highest BCUT2D eigenvalue weighted by Gasteiger charge is 2.26. The van der Waals surface area contributed by atoms with E-state index in [-0.39, 0.29) is 30.4 Å². The molecule has 0 saturated carbocycles. The molecule has 1 aromatic heterocycles. The van der Waals surface area contributed by atoms with Crippen molar-refractivity contribution in [2.75, 3.05) is 17.4 Å². The molecule has 0 aliphatic heterocycles. The standard InChI is InChI=1S/C16H17N3O2S2.ClH/c1-12-6-8-13(9-7-12)23(20,21)19(11-10-17)16-18-14-4-2-3-5-15(14)22-16;/h2-9H,10-11,17H2,1H3;1H. The van der Waals surface area contributed by atoms with Gasteiger partial charge in [0.2, 0.25) is 5.13 Å². The molecule has 1 heterocycles. The molecule has 2 N–H and O–H groups in total. The zero-order valence-corrected chi connectivity index (χ0v) is 15.5. The van der Waals surface area contributed by atoms with E-state index in [4.69, 9.17) is 5.73 Å². The second kappa shape index (κ2) is 7.48. The number of para-hydroxylation sites is 1. The molecular weight excluding hydrogens is 366 g/mol. The summed E-state index contributed by atoms with van der Waals surface area (Å²) in [6.45, 7) is 2.33. The third kappa shape index (κ3) is 3.54. The number of aryl methyl sites for hydroxylation is 1. The summed E-state index contributed by atoms with van der Waals surface area (Å²) >= 11 is 1.35. The Morgan fingerprint density at radius 1 is 1.12 bits per heavy atom. The molecule has 3 rings (SSSR count). The summed E-state index contributed by atoms with van der Waals surface area (Å²) in [4.78, 5) is 4.70. The number of nitrogens with zero attached hydrogens (tertiary/aromatic N) is 2. The number of anilines is 1. The van der Waals surface area contributed by atoms with Gasteiger partial charge < -0.3 is 5.73 Å². The number of thiazole rings is 1. The van der Waals surface area contributed by atoms with E-state index in [1.165, 1.54) is 15.6 Å². The normalized spacial score (nSPS) is 11.2. The third-order valence-electron chi connectivity index (χ3n) is 3.44. The molecule has 0 fully saturated rings. The van der Waals surface area contributed by atoms with Gasteiger partial charge in [0.15, 0.2) is 0 Å². The van der Waals surface area contributed by atoms with Crippen LogP contribution in [0.4, 0.5) is 5.13 Å². The molecular formula is C16H18ClN3O2S2. The Balaban J connectivity index is 0.00000208. The first-order valence-electron chi connectivity index (χ1n) is 7.17. The van der Waals surface area contributed by atoms with Crippen LogP contribution in [0.25, 0.3) is 10.2 Å². The van der Waals surface area contributed by atoms with Crippen LogP contribution in [0.15, 0.2) is 53.4 Å². The Labute approximate surface area is 151 Å². The Morgan fingerprint density at radius 2 is 1.79 bits per heavy atom. The number of hydrogen-bond donors (Lipinski definition) is 1. The van der Waals surface area contributed by atoms with Crippen molar-refractivity contribution in [3.05, 3.63) is 54.1 Å². The highest BCUT2D eigenvalue weighted by Crippen LogP contribution is 2.31. The quantitative estimate of drug-likeness (QED) is 0.734. The van der Waals surface area contributed by atoms with Crippen molar-refractivity contribution in [3.63, 3.8) is 0 Å². The van der Waals surface area contributed by atoms with Gasteiger partial charge in [-0.3, -0.25) is 0 Å². The van der Waals surface area contributed by atoms with Crippen LogP contribution < -0.4 is 10.0 Å². The second-order valence-electron chi connectivity index (χ2n) is 5.14.